The molecule has 0 saturated carbocycles. The Balaban J connectivity index is 2.61. The lowest BCUT2D eigenvalue weighted by atomic mass is 10.0. The van der Waals surface area contributed by atoms with E-state index in [1.165, 1.54) is 11.1 Å². The van der Waals surface area contributed by atoms with Crippen molar-refractivity contribution in [1.29, 1.82) is 0 Å². The summed E-state index contributed by atoms with van der Waals surface area (Å²) in [6.07, 6.45) is 1.82. The van der Waals surface area contributed by atoms with Crippen molar-refractivity contribution in [2.24, 2.45) is 0 Å². The van der Waals surface area contributed by atoms with Crippen LogP contribution < -0.4 is 0 Å². The molecule has 14 heavy (non-hydrogen) atoms. The molecule has 0 N–H and O–H groups in total. The second kappa shape index (κ2) is 4.87. The summed E-state index contributed by atoms with van der Waals surface area (Å²) in [6.45, 7) is 7.90. The summed E-state index contributed by atoms with van der Waals surface area (Å²) in [5, 5.41) is -0.124. The molecule has 1 unspecified atom stereocenters. The predicted octanol–water partition coefficient (Wildman–Crippen LogP) is 2.26. The highest BCUT2D eigenvalue weighted by Crippen LogP contribution is 2.18. The average molecular weight is 213 g/mol. The van der Waals surface area contributed by atoms with E-state index in [0.717, 1.165) is 25.9 Å². The fraction of sp³-hybridized carbons (Fsp3) is 0.727. The quantitative estimate of drug-likeness (QED) is 0.551. The molecular formula is C11H19NOS. The molecule has 0 aliphatic carbocycles. The molecule has 0 aromatic rings. The van der Waals surface area contributed by atoms with Gasteiger partial charge < -0.3 is 4.90 Å². The Hall–Kier alpha value is -0.440. The van der Waals surface area contributed by atoms with Crippen LogP contribution in [0.4, 0.5) is 0 Å². The predicted molar refractivity (Wildman–Crippen MR) is 62.6 cm³/mol. The molecule has 80 valence electrons. The van der Waals surface area contributed by atoms with E-state index in [2.05, 4.69) is 26.5 Å². The van der Waals surface area contributed by atoms with Crippen LogP contribution in [0.5, 0.6) is 0 Å². The molecule has 1 aliphatic rings. The lowest BCUT2D eigenvalue weighted by Gasteiger charge is -2.30. The smallest absolute Gasteiger partial charge is 0.235 e. The first-order valence-corrected chi connectivity index (χ1v) is 5.70. The van der Waals surface area contributed by atoms with E-state index in [4.69, 9.17) is 0 Å². The first kappa shape index (κ1) is 11.6. The third kappa shape index (κ3) is 2.53. The summed E-state index contributed by atoms with van der Waals surface area (Å²) >= 11 is 4.28. The molecule has 0 saturated heterocycles. The van der Waals surface area contributed by atoms with Gasteiger partial charge in [0, 0.05) is 13.1 Å². The van der Waals surface area contributed by atoms with E-state index in [1.54, 1.807) is 0 Å². The number of rotatable bonds is 2. The molecule has 0 radical (unpaired) electrons. The highest BCUT2D eigenvalue weighted by atomic mass is 32.1. The number of carbonyl (C=O) groups excluding carboxylic acids is 1. The number of thiol groups is 1. The van der Waals surface area contributed by atoms with E-state index in [1.807, 2.05) is 11.8 Å². The van der Waals surface area contributed by atoms with Crippen molar-refractivity contribution >= 4 is 18.5 Å². The number of amides is 1. The zero-order valence-corrected chi connectivity index (χ0v) is 10.1. The maximum Gasteiger partial charge on any atom is 0.235 e. The molecule has 3 heteroatoms. The fourth-order valence-electron chi connectivity index (χ4n) is 1.59. The van der Waals surface area contributed by atoms with Crippen molar-refractivity contribution in [2.75, 3.05) is 13.1 Å². The van der Waals surface area contributed by atoms with Crippen LogP contribution in [-0.4, -0.2) is 29.1 Å². The summed E-state index contributed by atoms with van der Waals surface area (Å²) in [6, 6.07) is 0. The highest BCUT2D eigenvalue weighted by Gasteiger charge is 2.22. The normalized spacial score (nSPS) is 19.9. The molecule has 1 rings (SSSR count). The van der Waals surface area contributed by atoms with Crippen molar-refractivity contribution in [2.45, 2.75) is 38.9 Å². The molecule has 0 aromatic carbocycles. The largest absolute Gasteiger partial charge is 0.337 e. The van der Waals surface area contributed by atoms with Gasteiger partial charge in [-0.15, -0.1) is 0 Å². The molecule has 1 amide bonds. The Bertz CT molecular complexity index is 260. The van der Waals surface area contributed by atoms with E-state index in [9.17, 15) is 4.79 Å². The standard InChI is InChI=1S/C11H19NOS/c1-4-10(14)11(13)12-6-5-8(2)9(3)7-12/h10,14H,4-7H2,1-3H3. The van der Waals surface area contributed by atoms with Crippen LogP contribution >= 0.6 is 12.6 Å². The summed E-state index contributed by atoms with van der Waals surface area (Å²) in [5.41, 5.74) is 2.77. The van der Waals surface area contributed by atoms with Gasteiger partial charge in [-0.1, -0.05) is 18.1 Å². The fourth-order valence-corrected chi connectivity index (χ4v) is 1.75. The first-order valence-electron chi connectivity index (χ1n) is 5.18. The molecule has 0 aromatic heterocycles. The monoisotopic (exact) mass is 213 g/mol. The Labute approximate surface area is 91.8 Å². The molecular weight excluding hydrogens is 194 g/mol. The number of hydrogen-bond acceptors (Lipinski definition) is 2. The van der Waals surface area contributed by atoms with Gasteiger partial charge in [0.1, 0.15) is 0 Å². The van der Waals surface area contributed by atoms with Crippen LogP contribution in [0.1, 0.15) is 33.6 Å². The van der Waals surface area contributed by atoms with Crippen LogP contribution in [0.15, 0.2) is 11.1 Å². The Morgan fingerprint density at radius 2 is 2.14 bits per heavy atom. The van der Waals surface area contributed by atoms with Crippen LogP contribution in [0.2, 0.25) is 0 Å². The molecule has 0 fully saturated rings. The lowest BCUT2D eigenvalue weighted by molar-refractivity contribution is -0.130. The van der Waals surface area contributed by atoms with Gasteiger partial charge in [0.2, 0.25) is 5.91 Å². The number of hydrogen-bond donors (Lipinski definition) is 1. The minimum absolute atomic E-state index is 0.124. The zero-order valence-electron chi connectivity index (χ0n) is 9.21. The lowest BCUT2D eigenvalue weighted by Crippen LogP contribution is -2.40. The van der Waals surface area contributed by atoms with Gasteiger partial charge in [0.05, 0.1) is 5.25 Å². The molecule has 1 aliphatic heterocycles. The van der Waals surface area contributed by atoms with E-state index in [-0.39, 0.29) is 11.2 Å². The summed E-state index contributed by atoms with van der Waals surface area (Å²) in [7, 11) is 0. The molecule has 1 heterocycles. The maximum absolute atomic E-state index is 11.8. The van der Waals surface area contributed by atoms with E-state index in [0.29, 0.717) is 0 Å². The van der Waals surface area contributed by atoms with Crippen molar-refractivity contribution < 1.29 is 4.79 Å². The Morgan fingerprint density at radius 3 is 2.64 bits per heavy atom. The van der Waals surface area contributed by atoms with Crippen LogP contribution in [0, 0.1) is 0 Å². The van der Waals surface area contributed by atoms with Crippen LogP contribution in [-0.2, 0) is 4.79 Å². The van der Waals surface area contributed by atoms with Gasteiger partial charge >= 0.3 is 0 Å². The maximum atomic E-state index is 11.8. The van der Waals surface area contributed by atoms with Gasteiger partial charge in [0.25, 0.3) is 0 Å². The van der Waals surface area contributed by atoms with Gasteiger partial charge in [-0.05, 0) is 26.7 Å². The highest BCUT2D eigenvalue weighted by molar-refractivity contribution is 7.81. The number of nitrogens with zero attached hydrogens (tertiary/aromatic N) is 1. The zero-order chi connectivity index (χ0) is 10.7. The minimum atomic E-state index is -0.124. The third-order valence-electron chi connectivity index (χ3n) is 2.90. The number of carbonyl (C=O) groups is 1. The topological polar surface area (TPSA) is 20.3 Å². The molecule has 0 spiro atoms. The summed E-state index contributed by atoms with van der Waals surface area (Å²) < 4.78 is 0. The molecule has 0 bridgehead atoms. The van der Waals surface area contributed by atoms with E-state index >= 15 is 0 Å². The summed E-state index contributed by atoms with van der Waals surface area (Å²) in [5.74, 6) is 0.183. The van der Waals surface area contributed by atoms with Crippen molar-refractivity contribution in [1.82, 2.24) is 4.90 Å². The average Bonchev–Trinajstić information content (AvgIpc) is 2.20. The summed E-state index contributed by atoms with van der Waals surface area (Å²) in [4.78, 5) is 13.7. The van der Waals surface area contributed by atoms with Gasteiger partial charge in [0.15, 0.2) is 0 Å². The van der Waals surface area contributed by atoms with Crippen LogP contribution in [0.25, 0.3) is 0 Å². The third-order valence-corrected chi connectivity index (χ3v) is 3.48. The first-order chi connectivity index (χ1) is 6.56. The van der Waals surface area contributed by atoms with Crippen molar-refractivity contribution in [3.05, 3.63) is 11.1 Å². The van der Waals surface area contributed by atoms with Crippen LogP contribution in [0.3, 0.4) is 0 Å². The van der Waals surface area contributed by atoms with Gasteiger partial charge in [-0.2, -0.15) is 12.6 Å². The van der Waals surface area contributed by atoms with E-state index < -0.39 is 0 Å². The second-order valence-electron chi connectivity index (χ2n) is 3.99. The molecule has 2 nitrogen and oxygen atoms in total. The second-order valence-corrected chi connectivity index (χ2v) is 4.62. The van der Waals surface area contributed by atoms with Gasteiger partial charge in [-0.3, -0.25) is 4.79 Å². The minimum Gasteiger partial charge on any atom is -0.337 e. The van der Waals surface area contributed by atoms with Crippen molar-refractivity contribution in [3.63, 3.8) is 0 Å². The van der Waals surface area contributed by atoms with Crippen molar-refractivity contribution in [3.8, 4) is 0 Å². The van der Waals surface area contributed by atoms with Gasteiger partial charge in [-0.25, -0.2) is 0 Å². The molecule has 1 atom stereocenters. The Morgan fingerprint density at radius 1 is 1.50 bits per heavy atom. The SMILES string of the molecule is CCC(S)C(=O)N1CCC(C)=C(C)C1. The Kier molecular flexibility index (Phi) is 4.05.